The maximum Gasteiger partial charge on any atom is 0.326 e. The molecule has 2 aromatic rings. The summed E-state index contributed by atoms with van der Waals surface area (Å²) < 4.78 is 28.0. The number of hydrogen-bond donors (Lipinski definition) is 1. The summed E-state index contributed by atoms with van der Waals surface area (Å²) in [6.45, 7) is 5.98. The largest absolute Gasteiger partial charge is 0.480 e. The van der Waals surface area contributed by atoms with Gasteiger partial charge in [-0.25, -0.2) is 13.2 Å². The van der Waals surface area contributed by atoms with Crippen molar-refractivity contribution < 1.29 is 32.7 Å². The molecule has 0 radical (unpaired) electrons. The number of hydrogen-bond acceptors (Lipinski definition) is 6. The minimum absolute atomic E-state index is 0.113. The van der Waals surface area contributed by atoms with E-state index in [1.165, 1.54) is 21.3 Å². The van der Waals surface area contributed by atoms with Crippen molar-refractivity contribution in [1.29, 1.82) is 0 Å². The average Bonchev–Trinajstić information content (AvgIpc) is 3.08. The molecule has 0 spiro atoms. The quantitative estimate of drug-likeness (QED) is 0.545. The number of aliphatic carboxylic acids is 1. The number of sulfonamides is 1. The third kappa shape index (κ3) is 4.88. The second-order valence-corrected chi connectivity index (χ2v) is 11.3. The van der Waals surface area contributed by atoms with Gasteiger partial charge in [0.2, 0.25) is 15.9 Å². The third-order valence-electron chi connectivity index (χ3n) is 6.85. The Balaban J connectivity index is 1.39. The van der Waals surface area contributed by atoms with Crippen LogP contribution in [0.15, 0.2) is 41.3 Å². The fraction of sp³-hybridized carbons (Fsp3) is 0.385. The molecule has 3 amide bonds. The second-order valence-electron chi connectivity index (χ2n) is 9.43. The Labute approximate surface area is 215 Å². The fourth-order valence-corrected chi connectivity index (χ4v) is 6.99. The van der Waals surface area contributed by atoms with E-state index in [1.54, 1.807) is 26.0 Å². The van der Waals surface area contributed by atoms with Crippen LogP contribution in [0.5, 0.6) is 0 Å². The summed E-state index contributed by atoms with van der Waals surface area (Å²) in [6, 6.07) is 8.28. The number of amides is 3. The van der Waals surface area contributed by atoms with Crippen LogP contribution in [0, 0.1) is 20.8 Å². The lowest BCUT2D eigenvalue weighted by Crippen LogP contribution is -2.51. The van der Waals surface area contributed by atoms with Gasteiger partial charge in [-0.15, -0.1) is 0 Å². The molecule has 1 saturated heterocycles. The van der Waals surface area contributed by atoms with Crippen molar-refractivity contribution in [3.8, 4) is 0 Å². The van der Waals surface area contributed by atoms with Gasteiger partial charge in [-0.1, -0.05) is 29.8 Å². The van der Waals surface area contributed by atoms with Crippen molar-refractivity contribution in [3.05, 3.63) is 64.2 Å². The van der Waals surface area contributed by atoms with Crippen LogP contribution < -0.4 is 0 Å². The summed E-state index contributed by atoms with van der Waals surface area (Å²) >= 11 is 0. The molecule has 1 atom stereocenters. The van der Waals surface area contributed by atoms with E-state index in [4.69, 9.17) is 0 Å². The molecule has 37 heavy (non-hydrogen) atoms. The van der Waals surface area contributed by atoms with Gasteiger partial charge in [-0.05, 0) is 50.5 Å². The second kappa shape index (κ2) is 10.1. The van der Waals surface area contributed by atoms with Crippen LogP contribution >= 0.6 is 0 Å². The summed E-state index contributed by atoms with van der Waals surface area (Å²) in [4.78, 5) is 52.7. The van der Waals surface area contributed by atoms with E-state index in [9.17, 15) is 32.7 Å². The van der Waals surface area contributed by atoms with Crippen LogP contribution in [0.2, 0.25) is 0 Å². The highest BCUT2D eigenvalue weighted by Crippen LogP contribution is 2.28. The first-order valence-corrected chi connectivity index (χ1v) is 13.4. The van der Waals surface area contributed by atoms with Gasteiger partial charge in [-0.3, -0.25) is 19.3 Å². The Morgan fingerprint density at radius 3 is 1.92 bits per heavy atom. The molecule has 0 bridgehead atoms. The van der Waals surface area contributed by atoms with Crippen LogP contribution in [0.4, 0.5) is 0 Å². The minimum atomic E-state index is -3.74. The molecule has 0 saturated carbocycles. The van der Waals surface area contributed by atoms with E-state index < -0.39 is 33.8 Å². The van der Waals surface area contributed by atoms with Crippen LogP contribution in [0.1, 0.15) is 50.2 Å². The van der Waals surface area contributed by atoms with E-state index in [2.05, 4.69) is 0 Å². The molecule has 0 aromatic heterocycles. The first-order chi connectivity index (χ1) is 17.4. The molecule has 0 aliphatic carbocycles. The van der Waals surface area contributed by atoms with Gasteiger partial charge in [0.25, 0.3) is 11.8 Å². The SMILES string of the molecule is Cc1cc(C)c(S(=O)(=O)N2CCN(C(=O)CC[C@@H](C(=O)O)N3C(=O)c4ccccc4C3=O)CC2)c(C)c1. The van der Waals surface area contributed by atoms with Gasteiger partial charge in [-0.2, -0.15) is 4.31 Å². The summed E-state index contributed by atoms with van der Waals surface area (Å²) in [5.74, 6) is -3.12. The highest BCUT2D eigenvalue weighted by molar-refractivity contribution is 7.89. The lowest BCUT2D eigenvalue weighted by Gasteiger charge is -2.35. The number of carboxylic acids is 1. The highest BCUT2D eigenvalue weighted by Gasteiger charge is 2.43. The van der Waals surface area contributed by atoms with Gasteiger partial charge in [0, 0.05) is 32.6 Å². The number of piperazine rings is 1. The predicted octanol–water partition coefficient (Wildman–Crippen LogP) is 1.97. The van der Waals surface area contributed by atoms with Crippen LogP contribution in [-0.2, 0) is 19.6 Å². The number of carbonyl (C=O) groups is 4. The van der Waals surface area contributed by atoms with Gasteiger partial charge in [0.15, 0.2) is 0 Å². The van der Waals surface area contributed by atoms with Gasteiger partial charge < -0.3 is 10.0 Å². The molecule has 2 aliphatic heterocycles. The number of carbonyl (C=O) groups excluding carboxylic acids is 3. The molecule has 196 valence electrons. The molecule has 4 rings (SSSR count). The van der Waals surface area contributed by atoms with E-state index in [0.29, 0.717) is 16.0 Å². The van der Waals surface area contributed by atoms with Crippen molar-refractivity contribution in [2.75, 3.05) is 26.2 Å². The summed E-state index contributed by atoms with van der Waals surface area (Å²) in [5.41, 5.74) is 2.60. The molecule has 11 heteroatoms. The first-order valence-electron chi connectivity index (χ1n) is 12.0. The van der Waals surface area contributed by atoms with Gasteiger partial charge in [0.05, 0.1) is 16.0 Å². The molecule has 2 heterocycles. The van der Waals surface area contributed by atoms with E-state index in [-0.39, 0.29) is 61.0 Å². The fourth-order valence-electron chi connectivity index (χ4n) is 5.15. The number of fused-ring (bicyclic) bond motifs is 1. The lowest BCUT2D eigenvalue weighted by molar-refractivity contribution is -0.142. The molecule has 1 N–H and O–H groups in total. The van der Waals surface area contributed by atoms with Crippen LogP contribution in [-0.4, -0.2) is 83.5 Å². The monoisotopic (exact) mass is 527 g/mol. The minimum Gasteiger partial charge on any atom is -0.480 e. The third-order valence-corrected chi connectivity index (χ3v) is 9.05. The summed E-state index contributed by atoms with van der Waals surface area (Å²) in [5, 5.41) is 9.72. The zero-order valence-electron chi connectivity index (χ0n) is 20.9. The van der Waals surface area contributed by atoms with E-state index in [1.807, 2.05) is 19.1 Å². The number of benzene rings is 2. The highest BCUT2D eigenvalue weighted by atomic mass is 32.2. The number of nitrogens with zero attached hydrogens (tertiary/aromatic N) is 3. The number of rotatable bonds is 7. The molecule has 0 unspecified atom stereocenters. The Hall–Kier alpha value is -3.57. The molecule has 1 fully saturated rings. The topological polar surface area (TPSA) is 132 Å². The molecule has 10 nitrogen and oxygen atoms in total. The van der Waals surface area contributed by atoms with Crippen molar-refractivity contribution >= 4 is 33.7 Å². The molecule has 2 aliphatic rings. The molecular weight excluding hydrogens is 498 g/mol. The Morgan fingerprint density at radius 2 is 1.43 bits per heavy atom. The normalized spacial score (nSPS) is 17.2. The Bertz CT molecular complexity index is 1340. The van der Waals surface area contributed by atoms with Crippen LogP contribution in [0.25, 0.3) is 0 Å². The zero-order chi connectivity index (χ0) is 27.1. The Kier molecular flexibility index (Phi) is 7.20. The van der Waals surface area contributed by atoms with Gasteiger partial charge in [0.1, 0.15) is 6.04 Å². The van der Waals surface area contributed by atoms with Gasteiger partial charge >= 0.3 is 5.97 Å². The van der Waals surface area contributed by atoms with Crippen molar-refractivity contribution in [3.63, 3.8) is 0 Å². The van der Waals surface area contributed by atoms with E-state index >= 15 is 0 Å². The Morgan fingerprint density at radius 1 is 0.919 bits per heavy atom. The number of aryl methyl sites for hydroxylation is 3. The van der Waals surface area contributed by atoms with Crippen molar-refractivity contribution in [2.24, 2.45) is 0 Å². The molecule has 2 aromatic carbocycles. The maximum atomic E-state index is 13.3. The van der Waals surface area contributed by atoms with Crippen molar-refractivity contribution in [2.45, 2.75) is 44.6 Å². The summed E-state index contributed by atoms with van der Waals surface area (Å²) in [6.07, 6.45) is -0.437. The van der Waals surface area contributed by atoms with Crippen LogP contribution in [0.3, 0.4) is 0 Å². The molecular formula is C26H29N3O7S. The predicted molar refractivity (Wildman–Crippen MR) is 134 cm³/mol. The summed E-state index contributed by atoms with van der Waals surface area (Å²) in [7, 11) is -3.74. The standard InChI is InChI=1S/C26H29N3O7S/c1-16-14-17(2)23(18(3)15-16)37(35,36)28-12-10-27(11-13-28)22(30)9-8-21(26(33)34)29-24(31)19-6-4-5-7-20(19)25(29)32/h4-7,14-15,21H,8-13H2,1-3H3,(H,33,34)/t21-/m0/s1. The smallest absolute Gasteiger partial charge is 0.326 e. The first kappa shape index (κ1) is 26.5. The zero-order valence-corrected chi connectivity index (χ0v) is 21.7. The number of imide groups is 1. The lowest BCUT2D eigenvalue weighted by atomic mass is 10.1. The maximum absolute atomic E-state index is 13.3. The van der Waals surface area contributed by atoms with E-state index in [0.717, 1.165) is 5.56 Å². The van der Waals surface area contributed by atoms with Crippen molar-refractivity contribution in [1.82, 2.24) is 14.1 Å². The number of carboxylic acid groups (broad SMARTS) is 1. The average molecular weight is 528 g/mol.